The van der Waals surface area contributed by atoms with Crippen molar-refractivity contribution in [3.8, 4) is 5.75 Å². The summed E-state index contributed by atoms with van der Waals surface area (Å²) in [5, 5.41) is 9.12. The number of hydrogen-bond acceptors (Lipinski definition) is 2. The van der Waals surface area contributed by atoms with Gasteiger partial charge in [-0.3, -0.25) is 0 Å². The zero-order chi connectivity index (χ0) is 9.14. The summed E-state index contributed by atoms with van der Waals surface area (Å²) in [5.74, 6) is -0.190. The topological polar surface area (TPSA) is 46.2 Å². The third-order valence-electron chi connectivity index (χ3n) is 1.57. The molecule has 0 aliphatic heterocycles. The first-order valence-electron chi connectivity index (χ1n) is 3.44. The highest BCUT2D eigenvalue weighted by molar-refractivity contribution is 5.34. The van der Waals surface area contributed by atoms with Crippen LogP contribution in [-0.4, -0.2) is 11.5 Å². The van der Waals surface area contributed by atoms with E-state index in [1.807, 2.05) is 0 Å². The molecule has 0 saturated carbocycles. The van der Waals surface area contributed by atoms with Gasteiger partial charge < -0.3 is 10.8 Å². The highest BCUT2D eigenvalue weighted by atomic mass is 19.3. The number of para-hydroxylation sites is 1. The first-order valence-corrected chi connectivity index (χ1v) is 3.44. The summed E-state index contributed by atoms with van der Waals surface area (Å²) in [6.07, 6.45) is -2.65. The number of benzene rings is 1. The second-order valence-corrected chi connectivity index (χ2v) is 2.42. The smallest absolute Gasteiger partial charge is 0.257 e. The Kier molecular flexibility index (Phi) is 2.60. The van der Waals surface area contributed by atoms with E-state index in [4.69, 9.17) is 10.8 Å². The van der Waals surface area contributed by atoms with Crippen LogP contribution in [0.1, 0.15) is 11.6 Å². The Balaban J connectivity index is 2.94. The van der Waals surface area contributed by atoms with Crippen molar-refractivity contribution in [1.29, 1.82) is 0 Å². The van der Waals surface area contributed by atoms with E-state index in [1.54, 1.807) is 12.1 Å². The molecule has 0 aliphatic rings. The van der Waals surface area contributed by atoms with Crippen LogP contribution >= 0.6 is 0 Å². The van der Waals surface area contributed by atoms with Crippen LogP contribution in [0.5, 0.6) is 5.75 Å². The number of alkyl halides is 2. The normalized spacial score (nSPS) is 13.3. The van der Waals surface area contributed by atoms with Gasteiger partial charge in [-0.25, -0.2) is 8.78 Å². The molecule has 0 aliphatic carbocycles. The molecule has 0 heterocycles. The van der Waals surface area contributed by atoms with Crippen LogP contribution in [0.3, 0.4) is 0 Å². The van der Waals surface area contributed by atoms with Crippen molar-refractivity contribution in [2.24, 2.45) is 5.73 Å². The summed E-state index contributed by atoms with van der Waals surface area (Å²) in [6, 6.07) is 4.41. The van der Waals surface area contributed by atoms with Crippen molar-refractivity contribution in [3.63, 3.8) is 0 Å². The largest absolute Gasteiger partial charge is 0.508 e. The minimum atomic E-state index is -2.65. The minimum absolute atomic E-state index is 0.0764. The van der Waals surface area contributed by atoms with Crippen LogP contribution in [-0.2, 0) is 0 Å². The predicted molar refractivity (Wildman–Crippen MR) is 41.0 cm³/mol. The maximum Gasteiger partial charge on any atom is 0.257 e. The van der Waals surface area contributed by atoms with Crippen molar-refractivity contribution in [1.82, 2.24) is 0 Å². The second-order valence-electron chi connectivity index (χ2n) is 2.42. The molecular formula is C8H9F2NO. The van der Waals surface area contributed by atoms with Crippen molar-refractivity contribution < 1.29 is 13.9 Å². The third kappa shape index (κ3) is 1.71. The van der Waals surface area contributed by atoms with E-state index < -0.39 is 12.5 Å². The van der Waals surface area contributed by atoms with Crippen LogP contribution in [0.15, 0.2) is 24.3 Å². The van der Waals surface area contributed by atoms with E-state index in [-0.39, 0.29) is 11.3 Å². The fraction of sp³-hybridized carbons (Fsp3) is 0.250. The van der Waals surface area contributed by atoms with Gasteiger partial charge in [-0.1, -0.05) is 18.2 Å². The van der Waals surface area contributed by atoms with Crippen LogP contribution in [0.4, 0.5) is 8.78 Å². The lowest BCUT2D eigenvalue weighted by Crippen LogP contribution is -2.18. The fourth-order valence-corrected chi connectivity index (χ4v) is 0.905. The Morgan fingerprint density at radius 1 is 1.25 bits per heavy atom. The lowest BCUT2D eigenvalue weighted by atomic mass is 10.1. The summed E-state index contributed by atoms with van der Waals surface area (Å²) >= 11 is 0. The van der Waals surface area contributed by atoms with E-state index >= 15 is 0 Å². The molecule has 1 aromatic rings. The molecule has 0 bridgehead atoms. The Morgan fingerprint density at radius 3 is 2.33 bits per heavy atom. The molecule has 1 aromatic carbocycles. The number of halogens is 2. The lowest BCUT2D eigenvalue weighted by molar-refractivity contribution is 0.115. The van der Waals surface area contributed by atoms with E-state index in [0.717, 1.165) is 0 Å². The summed E-state index contributed by atoms with van der Waals surface area (Å²) in [7, 11) is 0. The van der Waals surface area contributed by atoms with Crippen LogP contribution in [0.2, 0.25) is 0 Å². The van der Waals surface area contributed by atoms with Crippen LogP contribution < -0.4 is 5.73 Å². The molecule has 3 N–H and O–H groups in total. The van der Waals surface area contributed by atoms with Gasteiger partial charge >= 0.3 is 0 Å². The molecule has 1 atom stereocenters. The molecule has 12 heavy (non-hydrogen) atoms. The van der Waals surface area contributed by atoms with Gasteiger partial charge in [0, 0.05) is 5.56 Å². The average molecular weight is 173 g/mol. The number of nitrogens with two attached hydrogens (primary N) is 1. The van der Waals surface area contributed by atoms with Gasteiger partial charge in [0.25, 0.3) is 6.43 Å². The lowest BCUT2D eigenvalue weighted by Gasteiger charge is -2.11. The van der Waals surface area contributed by atoms with Gasteiger partial charge in [0.2, 0.25) is 0 Å². The molecule has 4 heteroatoms. The Bertz CT molecular complexity index is 265. The molecule has 0 spiro atoms. The third-order valence-corrected chi connectivity index (χ3v) is 1.57. The highest BCUT2D eigenvalue weighted by Crippen LogP contribution is 2.25. The first kappa shape index (κ1) is 8.93. The van der Waals surface area contributed by atoms with Gasteiger partial charge in [0.05, 0.1) is 6.04 Å². The number of phenolic OH excluding ortho intramolecular Hbond substituents is 1. The van der Waals surface area contributed by atoms with E-state index in [2.05, 4.69) is 0 Å². The Labute approximate surface area is 68.6 Å². The standard InChI is InChI=1S/C8H9F2NO/c9-8(10)7(11)5-3-1-2-4-6(5)12/h1-4,7-8,12H,11H2. The van der Waals surface area contributed by atoms with Crippen molar-refractivity contribution in [2.45, 2.75) is 12.5 Å². The van der Waals surface area contributed by atoms with E-state index in [0.29, 0.717) is 0 Å². The Hall–Kier alpha value is -1.16. The quantitative estimate of drug-likeness (QED) is 0.714. The minimum Gasteiger partial charge on any atom is -0.508 e. The summed E-state index contributed by atoms with van der Waals surface area (Å²) in [6.45, 7) is 0. The second kappa shape index (κ2) is 3.49. The summed E-state index contributed by atoms with van der Waals surface area (Å²) in [4.78, 5) is 0. The highest BCUT2D eigenvalue weighted by Gasteiger charge is 2.19. The van der Waals surface area contributed by atoms with Crippen molar-refractivity contribution >= 4 is 0 Å². The zero-order valence-electron chi connectivity index (χ0n) is 6.24. The van der Waals surface area contributed by atoms with Crippen molar-refractivity contribution in [3.05, 3.63) is 29.8 Å². The van der Waals surface area contributed by atoms with Crippen LogP contribution in [0.25, 0.3) is 0 Å². The molecule has 0 fully saturated rings. The number of rotatable bonds is 2. The SMILES string of the molecule is NC(c1ccccc1O)C(F)F. The molecule has 66 valence electrons. The van der Waals surface area contributed by atoms with Gasteiger partial charge in [-0.05, 0) is 6.07 Å². The molecule has 2 nitrogen and oxygen atoms in total. The predicted octanol–water partition coefficient (Wildman–Crippen LogP) is 1.66. The molecule has 0 radical (unpaired) electrons. The summed E-state index contributed by atoms with van der Waals surface area (Å²) in [5.41, 5.74) is 5.20. The average Bonchev–Trinajstić information content (AvgIpc) is 2.04. The van der Waals surface area contributed by atoms with Crippen LogP contribution in [0, 0.1) is 0 Å². The van der Waals surface area contributed by atoms with Gasteiger partial charge in [0.1, 0.15) is 5.75 Å². The van der Waals surface area contributed by atoms with Gasteiger partial charge in [-0.2, -0.15) is 0 Å². The van der Waals surface area contributed by atoms with Gasteiger partial charge in [0.15, 0.2) is 0 Å². The molecule has 0 aromatic heterocycles. The molecule has 0 saturated heterocycles. The molecule has 0 amide bonds. The van der Waals surface area contributed by atoms with E-state index in [9.17, 15) is 8.78 Å². The molecular weight excluding hydrogens is 164 g/mol. The maximum atomic E-state index is 12.1. The molecule has 1 unspecified atom stereocenters. The first-order chi connectivity index (χ1) is 5.63. The van der Waals surface area contributed by atoms with Crippen molar-refractivity contribution in [2.75, 3.05) is 0 Å². The fourth-order valence-electron chi connectivity index (χ4n) is 0.905. The number of hydrogen-bond donors (Lipinski definition) is 2. The maximum absolute atomic E-state index is 12.1. The zero-order valence-corrected chi connectivity index (χ0v) is 6.24. The Morgan fingerprint density at radius 2 is 1.83 bits per heavy atom. The summed E-state index contributed by atoms with van der Waals surface area (Å²) < 4.78 is 24.1. The number of aromatic hydroxyl groups is 1. The monoisotopic (exact) mass is 173 g/mol. The number of phenols is 1. The molecule has 1 rings (SSSR count). The van der Waals surface area contributed by atoms with Gasteiger partial charge in [-0.15, -0.1) is 0 Å². The van der Waals surface area contributed by atoms with E-state index in [1.165, 1.54) is 12.1 Å².